The summed E-state index contributed by atoms with van der Waals surface area (Å²) in [5.41, 5.74) is 5.62. The van der Waals surface area contributed by atoms with Gasteiger partial charge in [-0.3, -0.25) is 4.79 Å². The highest BCUT2D eigenvalue weighted by atomic mass is 32.2. The van der Waals surface area contributed by atoms with Gasteiger partial charge >= 0.3 is 0 Å². The molecule has 1 heterocycles. The van der Waals surface area contributed by atoms with Crippen LogP contribution in [-0.2, 0) is 15.0 Å². The predicted molar refractivity (Wildman–Crippen MR) is 59.5 cm³/mol. The molecule has 1 amide bonds. The quantitative estimate of drug-likeness (QED) is 0.608. The molecule has 0 bridgehead atoms. The van der Waals surface area contributed by atoms with Crippen molar-refractivity contribution in [3.63, 3.8) is 0 Å². The molecule has 8 heteroatoms. The van der Waals surface area contributed by atoms with Crippen LogP contribution in [0.2, 0.25) is 0 Å². The van der Waals surface area contributed by atoms with Crippen molar-refractivity contribution in [1.82, 2.24) is 9.21 Å². The Hall–Kier alpha value is -0.700. The van der Waals surface area contributed by atoms with Gasteiger partial charge in [0.25, 0.3) is 10.2 Å². The highest BCUT2D eigenvalue weighted by Gasteiger charge is 2.28. The van der Waals surface area contributed by atoms with E-state index >= 15 is 0 Å². The van der Waals surface area contributed by atoms with Gasteiger partial charge in [0.05, 0.1) is 6.04 Å². The summed E-state index contributed by atoms with van der Waals surface area (Å²) >= 11 is 0. The molecule has 1 aliphatic rings. The van der Waals surface area contributed by atoms with Gasteiger partial charge in [0.1, 0.15) is 0 Å². The molecular formula is C8H18N4O3S. The lowest BCUT2D eigenvalue weighted by Crippen LogP contribution is -2.55. The van der Waals surface area contributed by atoms with Crippen molar-refractivity contribution >= 4 is 16.1 Å². The van der Waals surface area contributed by atoms with Crippen LogP contribution in [0.1, 0.15) is 13.3 Å². The lowest BCUT2D eigenvalue weighted by molar-refractivity contribution is -0.133. The van der Waals surface area contributed by atoms with Gasteiger partial charge in [0.2, 0.25) is 5.91 Å². The van der Waals surface area contributed by atoms with Gasteiger partial charge in [0, 0.05) is 26.2 Å². The number of nitrogens with two attached hydrogens (primary N) is 2. The molecule has 0 spiro atoms. The molecule has 0 aliphatic carbocycles. The van der Waals surface area contributed by atoms with Crippen LogP contribution in [0.15, 0.2) is 0 Å². The van der Waals surface area contributed by atoms with Gasteiger partial charge in [-0.05, 0) is 6.42 Å². The second-order valence-corrected chi connectivity index (χ2v) is 5.33. The van der Waals surface area contributed by atoms with E-state index in [1.807, 2.05) is 6.92 Å². The fraction of sp³-hybridized carbons (Fsp3) is 0.875. The number of carbonyl (C=O) groups is 1. The number of amides is 1. The van der Waals surface area contributed by atoms with Crippen molar-refractivity contribution in [3.8, 4) is 0 Å². The highest BCUT2D eigenvalue weighted by molar-refractivity contribution is 7.86. The molecule has 0 aromatic carbocycles. The van der Waals surface area contributed by atoms with Crippen LogP contribution >= 0.6 is 0 Å². The molecule has 0 unspecified atom stereocenters. The molecule has 1 rings (SSSR count). The minimum absolute atomic E-state index is 0.128. The van der Waals surface area contributed by atoms with Crippen LogP contribution in [0.3, 0.4) is 0 Å². The van der Waals surface area contributed by atoms with Crippen LogP contribution in [0.5, 0.6) is 0 Å². The Balaban J connectivity index is 2.53. The van der Waals surface area contributed by atoms with Crippen molar-refractivity contribution < 1.29 is 13.2 Å². The number of carbonyl (C=O) groups excluding carboxylic acids is 1. The standard InChI is InChI=1S/C8H18N4O3S/c1-2-7(9)8(13)11-3-5-12(6-4-11)16(10,14)15/h7H,2-6,9H2,1H3,(H2,10,14,15)/t7-/m1/s1. The fourth-order valence-corrected chi connectivity index (χ4v) is 2.24. The zero-order valence-electron chi connectivity index (χ0n) is 9.30. The van der Waals surface area contributed by atoms with E-state index in [1.165, 1.54) is 0 Å². The van der Waals surface area contributed by atoms with E-state index in [4.69, 9.17) is 10.9 Å². The molecule has 7 nitrogen and oxygen atoms in total. The molecule has 16 heavy (non-hydrogen) atoms. The number of nitrogens with zero attached hydrogens (tertiary/aromatic N) is 2. The summed E-state index contributed by atoms with van der Waals surface area (Å²) in [4.78, 5) is 13.3. The van der Waals surface area contributed by atoms with Gasteiger partial charge in [-0.2, -0.15) is 12.7 Å². The van der Waals surface area contributed by atoms with Crippen LogP contribution < -0.4 is 10.9 Å². The molecule has 0 aromatic rings. The first-order valence-electron chi connectivity index (χ1n) is 5.18. The zero-order chi connectivity index (χ0) is 12.3. The Morgan fingerprint density at radius 1 is 1.31 bits per heavy atom. The Morgan fingerprint density at radius 2 is 1.81 bits per heavy atom. The van der Waals surface area contributed by atoms with E-state index in [2.05, 4.69) is 0 Å². The topological polar surface area (TPSA) is 110 Å². The largest absolute Gasteiger partial charge is 0.339 e. The third kappa shape index (κ3) is 3.14. The first-order valence-corrected chi connectivity index (χ1v) is 6.68. The molecule has 0 aromatic heterocycles. The fourth-order valence-electron chi connectivity index (χ4n) is 1.57. The van der Waals surface area contributed by atoms with E-state index in [9.17, 15) is 13.2 Å². The SMILES string of the molecule is CC[C@@H](N)C(=O)N1CCN(S(N)(=O)=O)CC1. The van der Waals surface area contributed by atoms with Crippen molar-refractivity contribution in [2.45, 2.75) is 19.4 Å². The van der Waals surface area contributed by atoms with E-state index in [-0.39, 0.29) is 19.0 Å². The Bertz CT molecular complexity index is 348. The van der Waals surface area contributed by atoms with Gasteiger partial charge in [-0.15, -0.1) is 0 Å². The van der Waals surface area contributed by atoms with E-state index < -0.39 is 16.3 Å². The van der Waals surface area contributed by atoms with Crippen LogP contribution in [0.25, 0.3) is 0 Å². The summed E-state index contributed by atoms with van der Waals surface area (Å²) in [5, 5.41) is 4.99. The van der Waals surface area contributed by atoms with Gasteiger partial charge in [-0.1, -0.05) is 6.92 Å². The predicted octanol–water partition coefficient (Wildman–Crippen LogP) is -1.93. The molecule has 4 N–H and O–H groups in total. The molecule has 1 aliphatic heterocycles. The van der Waals surface area contributed by atoms with Gasteiger partial charge in [-0.25, -0.2) is 5.14 Å². The maximum Gasteiger partial charge on any atom is 0.277 e. The maximum atomic E-state index is 11.7. The zero-order valence-corrected chi connectivity index (χ0v) is 10.1. The average molecular weight is 250 g/mol. The Morgan fingerprint density at radius 3 is 2.19 bits per heavy atom. The van der Waals surface area contributed by atoms with Crippen molar-refractivity contribution in [1.29, 1.82) is 0 Å². The summed E-state index contributed by atoms with van der Waals surface area (Å²) in [7, 11) is -3.64. The number of piperazine rings is 1. The molecule has 0 radical (unpaired) electrons. The lowest BCUT2D eigenvalue weighted by Gasteiger charge is -2.34. The molecule has 94 valence electrons. The molecule has 1 saturated heterocycles. The molecule has 0 saturated carbocycles. The van der Waals surface area contributed by atoms with Crippen LogP contribution in [0, 0.1) is 0 Å². The number of hydrogen-bond acceptors (Lipinski definition) is 4. The van der Waals surface area contributed by atoms with E-state index in [1.54, 1.807) is 4.90 Å². The average Bonchev–Trinajstić information content (AvgIpc) is 2.26. The van der Waals surface area contributed by atoms with Gasteiger partial charge in [0.15, 0.2) is 0 Å². The van der Waals surface area contributed by atoms with E-state index in [0.29, 0.717) is 19.5 Å². The molecular weight excluding hydrogens is 232 g/mol. The normalized spacial score (nSPS) is 20.8. The summed E-state index contributed by atoms with van der Waals surface area (Å²) in [5.74, 6) is -0.128. The highest BCUT2D eigenvalue weighted by Crippen LogP contribution is 2.06. The smallest absolute Gasteiger partial charge is 0.277 e. The summed E-state index contributed by atoms with van der Waals surface area (Å²) in [6, 6.07) is -0.499. The first kappa shape index (κ1) is 13.4. The third-order valence-corrected chi connectivity index (χ3v) is 3.75. The van der Waals surface area contributed by atoms with Crippen molar-refractivity contribution in [2.75, 3.05) is 26.2 Å². The summed E-state index contributed by atoms with van der Waals surface area (Å²) in [6.45, 7) is 3.01. The minimum Gasteiger partial charge on any atom is -0.339 e. The van der Waals surface area contributed by atoms with Crippen molar-refractivity contribution in [3.05, 3.63) is 0 Å². The van der Waals surface area contributed by atoms with E-state index in [0.717, 1.165) is 4.31 Å². The Labute approximate surface area is 95.5 Å². The lowest BCUT2D eigenvalue weighted by atomic mass is 10.2. The number of rotatable bonds is 3. The molecule has 1 atom stereocenters. The summed E-state index contributed by atoms with van der Waals surface area (Å²) in [6.07, 6.45) is 0.578. The second-order valence-electron chi connectivity index (χ2n) is 3.78. The number of hydrogen-bond donors (Lipinski definition) is 2. The monoisotopic (exact) mass is 250 g/mol. The van der Waals surface area contributed by atoms with Crippen molar-refractivity contribution in [2.24, 2.45) is 10.9 Å². The maximum absolute atomic E-state index is 11.7. The minimum atomic E-state index is -3.64. The Kier molecular flexibility index (Phi) is 4.25. The van der Waals surface area contributed by atoms with Gasteiger partial charge < -0.3 is 10.6 Å². The van der Waals surface area contributed by atoms with Crippen LogP contribution in [0.4, 0.5) is 0 Å². The first-order chi connectivity index (χ1) is 7.36. The summed E-state index contributed by atoms with van der Waals surface area (Å²) < 4.78 is 23.2. The third-order valence-electron chi connectivity index (χ3n) is 2.67. The molecule has 1 fully saturated rings. The second kappa shape index (κ2) is 5.09. The van der Waals surface area contributed by atoms with Crippen LogP contribution in [-0.4, -0.2) is 55.8 Å².